The molecule has 6 heteroatoms. The van der Waals surface area contributed by atoms with E-state index in [0.29, 0.717) is 0 Å². The normalized spacial score (nSPS) is 23.6. The first-order valence-electron chi connectivity index (χ1n) is 7.55. The highest BCUT2D eigenvalue weighted by atomic mass is 16.3. The largest absolute Gasteiger partial charge is 0.393 e. The fraction of sp³-hybridized carbons (Fsp3) is 0.667. The summed E-state index contributed by atoms with van der Waals surface area (Å²) in [6.45, 7) is 6.42. The van der Waals surface area contributed by atoms with Crippen LogP contribution in [-0.4, -0.2) is 31.0 Å². The van der Waals surface area contributed by atoms with Crippen molar-refractivity contribution in [1.29, 1.82) is 0 Å². The number of aliphatic hydroxyl groups excluding tert-OH is 1. The van der Waals surface area contributed by atoms with Gasteiger partial charge in [-0.25, -0.2) is 9.67 Å². The number of rotatable bonds is 1. The molecule has 1 aliphatic rings. The van der Waals surface area contributed by atoms with Crippen LogP contribution >= 0.6 is 0 Å². The molecule has 2 aromatic rings. The van der Waals surface area contributed by atoms with Crippen molar-refractivity contribution < 1.29 is 5.11 Å². The summed E-state index contributed by atoms with van der Waals surface area (Å²) in [6, 6.07) is 0.279. The molecule has 0 radical (unpaired) electrons. The van der Waals surface area contributed by atoms with Crippen LogP contribution in [0.25, 0.3) is 11.0 Å². The Morgan fingerprint density at radius 3 is 2.52 bits per heavy atom. The second-order valence-corrected chi connectivity index (χ2v) is 6.97. The predicted molar refractivity (Wildman–Crippen MR) is 81.9 cm³/mol. The molecule has 2 aromatic heterocycles. The van der Waals surface area contributed by atoms with Gasteiger partial charge >= 0.3 is 0 Å². The Hall–Kier alpha value is -1.69. The lowest BCUT2D eigenvalue weighted by atomic mass is 9.91. The zero-order chi connectivity index (χ0) is 15.2. The average molecular weight is 289 g/mol. The highest BCUT2D eigenvalue weighted by Crippen LogP contribution is 2.34. The number of aromatic nitrogens is 4. The molecule has 0 amide bonds. The van der Waals surface area contributed by atoms with Crippen LogP contribution in [0.5, 0.6) is 0 Å². The van der Waals surface area contributed by atoms with Crippen LogP contribution in [0.15, 0.2) is 6.20 Å². The number of hydrogen-bond donors (Lipinski definition) is 2. The van der Waals surface area contributed by atoms with E-state index < -0.39 is 0 Å². The van der Waals surface area contributed by atoms with Crippen LogP contribution in [0.3, 0.4) is 0 Å². The van der Waals surface area contributed by atoms with Gasteiger partial charge in [-0.2, -0.15) is 10.1 Å². The van der Waals surface area contributed by atoms with Gasteiger partial charge in [0.15, 0.2) is 5.65 Å². The lowest BCUT2D eigenvalue weighted by molar-refractivity contribution is 0.108. The van der Waals surface area contributed by atoms with Crippen molar-refractivity contribution >= 4 is 17.0 Å². The summed E-state index contributed by atoms with van der Waals surface area (Å²) in [5.41, 5.74) is 7.50. The second kappa shape index (κ2) is 4.94. The molecule has 0 saturated heterocycles. The molecule has 6 nitrogen and oxygen atoms in total. The molecular formula is C15H23N5O. The zero-order valence-electron chi connectivity index (χ0n) is 12.9. The molecule has 1 fully saturated rings. The molecule has 2 heterocycles. The van der Waals surface area contributed by atoms with Crippen molar-refractivity contribution in [2.75, 3.05) is 5.73 Å². The van der Waals surface area contributed by atoms with E-state index in [1.165, 1.54) is 0 Å². The highest BCUT2D eigenvalue weighted by molar-refractivity contribution is 5.79. The predicted octanol–water partition coefficient (Wildman–Crippen LogP) is 2.18. The van der Waals surface area contributed by atoms with Crippen LogP contribution in [0.2, 0.25) is 0 Å². The third-order valence-electron chi connectivity index (χ3n) is 4.19. The summed E-state index contributed by atoms with van der Waals surface area (Å²) in [5, 5.41) is 15.5. The minimum atomic E-state index is -0.176. The Morgan fingerprint density at radius 1 is 1.24 bits per heavy atom. The first-order valence-corrected chi connectivity index (χ1v) is 7.55. The summed E-state index contributed by atoms with van der Waals surface area (Å²) in [4.78, 5) is 8.53. The van der Waals surface area contributed by atoms with Crippen LogP contribution in [0.1, 0.15) is 58.2 Å². The van der Waals surface area contributed by atoms with E-state index in [2.05, 4.69) is 30.7 Å². The quantitative estimate of drug-likeness (QED) is 0.839. The third-order valence-corrected chi connectivity index (χ3v) is 4.19. The Labute approximate surface area is 124 Å². The van der Waals surface area contributed by atoms with E-state index in [4.69, 9.17) is 10.8 Å². The molecule has 21 heavy (non-hydrogen) atoms. The van der Waals surface area contributed by atoms with Gasteiger partial charge in [-0.1, -0.05) is 20.8 Å². The number of nitrogen functional groups attached to an aromatic ring is 1. The first kappa shape index (κ1) is 14.3. The maximum Gasteiger partial charge on any atom is 0.222 e. The van der Waals surface area contributed by atoms with Crippen molar-refractivity contribution in [2.24, 2.45) is 0 Å². The monoisotopic (exact) mass is 289 g/mol. The van der Waals surface area contributed by atoms with Gasteiger partial charge in [0, 0.05) is 11.6 Å². The topological polar surface area (TPSA) is 89.8 Å². The molecule has 0 bridgehead atoms. The number of nitrogens with zero attached hydrogens (tertiary/aromatic N) is 4. The van der Waals surface area contributed by atoms with Gasteiger partial charge in [0.1, 0.15) is 0 Å². The van der Waals surface area contributed by atoms with E-state index in [-0.39, 0.29) is 23.5 Å². The summed E-state index contributed by atoms with van der Waals surface area (Å²) in [5.74, 6) is 0.278. The Balaban J connectivity index is 2.11. The maximum absolute atomic E-state index is 9.69. The smallest absolute Gasteiger partial charge is 0.222 e. The van der Waals surface area contributed by atoms with Crippen molar-refractivity contribution in [3.05, 3.63) is 11.9 Å². The van der Waals surface area contributed by atoms with E-state index >= 15 is 0 Å². The van der Waals surface area contributed by atoms with Crippen molar-refractivity contribution in [3.63, 3.8) is 0 Å². The molecule has 0 spiro atoms. The van der Waals surface area contributed by atoms with Crippen LogP contribution < -0.4 is 5.73 Å². The lowest BCUT2D eigenvalue weighted by Gasteiger charge is -2.26. The summed E-state index contributed by atoms with van der Waals surface area (Å²) >= 11 is 0. The van der Waals surface area contributed by atoms with Crippen LogP contribution in [0.4, 0.5) is 5.95 Å². The highest BCUT2D eigenvalue weighted by Gasteiger charge is 2.28. The number of fused-ring (bicyclic) bond motifs is 1. The van der Waals surface area contributed by atoms with Crippen molar-refractivity contribution in [2.45, 2.75) is 64.0 Å². The molecule has 0 aliphatic heterocycles. The van der Waals surface area contributed by atoms with E-state index in [9.17, 15) is 5.11 Å². The van der Waals surface area contributed by atoms with Gasteiger partial charge in [0.05, 0.1) is 23.2 Å². The van der Waals surface area contributed by atoms with Gasteiger partial charge < -0.3 is 10.8 Å². The van der Waals surface area contributed by atoms with Gasteiger partial charge in [-0.15, -0.1) is 0 Å². The SMILES string of the molecule is CC(C)(C)c1nn(C2CCC(O)CC2)c2nc(N)ncc12. The lowest BCUT2D eigenvalue weighted by Crippen LogP contribution is -2.22. The molecule has 0 aromatic carbocycles. The standard InChI is InChI=1S/C15H23N5O/c1-15(2,3)12-11-8-17-14(16)18-13(11)20(19-12)9-4-6-10(21)7-5-9/h8-10,21H,4-7H2,1-3H3,(H2,16,17,18). The van der Waals surface area contributed by atoms with Crippen molar-refractivity contribution in [3.8, 4) is 0 Å². The summed E-state index contributed by atoms with van der Waals surface area (Å²) in [7, 11) is 0. The molecule has 0 unspecified atom stereocenters. The molecule has 114 valence electrons. The van der Waals surface area contributed by atoms with Crippen LogP contribution in [-0.2, 0) is 5.41 Å². The molecular weight excluding hydrogens is 266 g/mol. The molecule has 1 saturated carbocycles. The molecule has 3 rings (SSSR count). The molecule has 3 N–H and O–H groups in total. The maximum atomic E-state index is 9.69. The average Bonchev–Trinajstić information content (AvgIpc) is 2.78. The number of hydrogen-bond acceptors (Lipinski definition) is 5. The van der Waals surface area contributed by atoms with Gasteiger partial charge in [-0.05, 0) is 25.7 Å². The summed E-state index contributed by atoms with van der Waals surface area (Å²) < 4.78 is 2.00. The number of aliphatic hydroxyl groups is 1. The van der Waals surface area contributed by atoms with Crippen molar-refractivity contribution in [1.82, 2.24) is 19.7 Å². The minimum Gasteiger partial charge on any atom is -0.393 e. The first-order chi connectivity index (χ1) is 9.86. The number of anilines is 1. The molecule has 1 aliphatic carbocycles. The Morgan fingerprint density at radius 2 is 1.90 bits per heavy atom. The van der Waals surface area contributed by atoms with Gasteiger partial charge in [-0.3, -0.25) is 0 Å². The molecule has 0 atom stereocenters. The summed E-state index contributed by atoms with van der Waals surface area (Å²) in [6.07, 6.45) is 5.08. The number of nitrogens with two attached hydrogens (primary N) is 1. The minimum absolute atomic E-state index is 0.0723. The fourth-order valence-electron chi connectivity index (χ4n) is 3.05. The van der Waals surface area contributed by atoms with E-state index in [1.807, 2.05) is 4.68 Å². The van der Waals surface area contributed by atoms with Gasteiger partial charge in [0.2, 0.25) is 5.95 Å². The Bertz CT molecular complexity index is 650. The third kappa shape index (κ3) is 2.60. The Kier molecular flexibility index (Phi) is 3.36. The van der Waals surface area contributed by atoms with E-state index in [1.54, 1.807) is 6.20 Å². The zero-order valence-corrected chi connectivity index (χ0v) is 12.9. The second-order valence-electron chi connectivity index (χ2n) is 6.97. The van der Waals surface area contributed by atoms with Crippen LogP contribution in [0, 0.1) is 0 Å². The fourth-order valence-corrected chi connectivity index (χ4v) is 3.05. The van der Waals surface area contributed by atoms with E-state index in [0.717, 1.165) is 42.4 Å². The van der Waals surface area contributed by atoms with Gasteiger partial charge in [0.25, 0.3) is 0 Å².